The molecule has 2 heteroatoms. The zero-order chi connectivity index (χ0) is 10.5. The second kappa shape index (κ2) is 4.76. The standard InChI is InChI=1S/C13H10ClN/c14-13-5-1-3-11(9-13)6-7-12-4-2-8-15-10-12/h1-10H/b7-6+. The normalized spacial score (nSPS) is 10.7. The van der Waals surface area contributed by atoms with Gasteiger partial charge >= 0.3 is 0 Å². The molecular formula is C13H10ClN. The molecule has 0 aliphatic heterocycles. The number of hydrogen-bond donors (Lipinski definition) is 0. The highest BCUT2D eigenvalue weighted by atomic mass is 35.5. The lowest BCUT2D eigenvalue weighted by Crippen LogP contribution is -1.74. The van der Waals surface area contributed by atoms with Crippen LogP contribution in [0.25, 0.3) is 12.2 Å². The molecule has 0 amide bonds. The highest BCUT2D eigenvalue weighted by Crippen LogP contribution is 2.13. The topological polar surface area (TPSA) is 12.9 Å². The Morgan fingerprint density at radius 1 is 1.00 bits per heavy atom. The van der Waals surface area contributed by atoms with E-state index in [0.717, 1.165) is 16.1 Å². The minimum absolute atomic E-state index is 0.753. The Morgan fingerprint density at radius 3 is 2.53 bits per heavy atom. The number of nitrogens with zero attached hydrogens (tertiary/aromatic N) is 1. The summed E-state index contributed by atoms with van der Waals surface area (Å²) in [5.41, 5.74) is 2.17. The molecule has 15 heavy (non-hydrogen) atoms. The number of hydrogen-bond acceptors (Lipinski definition) is 1. The molecular weight excluding hydrogens is 206 g/mol. The summed E-state index contributed by atoms with van der Waals surface area (Å²) < 4.78 is 0. The van der Waals surface area contributed by atoms with Gasteiger partial charge in [0.05, 0.1) is 0 Å². The van der Waals surface area contributed by atoms with E-state index in [1.807, 2.05) is 54.7 Å². The van der Waals surface area contributed by atoms with Crippen LogP contribution in [0.3, 0.4) is 0 Å². The predicted octanol–water partition coefficient (Wildman–Crippen LogP) is 3.91. The van der Waals surface area contributed by atoms with Crippen LogP contribution in [0.1, 0.15) is 11.1 Å². The van der Waals surface area contributed by atoms with Crippen LogP contribution in [0.4, 0.5) is 0 Å². The molecule has 0 aliphatic rings. The van der Waals surface area contributed by atoms with E-state index >= 15 is 0 Å². The van der Waals surface area contributed by atoms with Crippen molar-refractivity contribution in [3.05, 3.63) is 64.9 Å². The third kappa shape index (κ3) is 2.93. The van der Waals surface area contributed by atoms with Gasteiger partial charge in [-0.2, -0.15) is 0 Å². The van der Waals surface area contributed by atoms with E-state index in [1.165, 1.54) is 0 Å². The Morgan fingerprint density at radius 2 is 1.80 bits per heavy atom. The highest BCUT2D eigenvalue weighted by molar-refractivity contribution is 6.30. The van der Waals surface area contributed by atoms with Gasteiger partial charge in [0.25, 0.3) is 0 Å². The van der Waals surface area contributed by atoms with Gasteiger partial charge < -0.3 is 0 Å². The molecule has 74 valence electrons. The van der Waals surface area contributed by atoms with E-state index in [1.54, 1.807) is 6.20 Å². The Hall–Kier alpha value is -1.60. The van der Waals surface area contributed by atoms with Crippen LogP contribution in [-0.4, -0.2) is 4.98 Å². The maximum absolute atomic E-state index is 5.88. The number of halogens is 1. The number of aromatic nitrogens is 1. The van der Waals surface area contributed by atoms with E-state index in [9.17, 15) is 0 Å². The molecule has 1 heterocycles. The molecule has 0 N–H and O–H groups in total. The van der Waals surface area contributed by atoms with Crippen LogP contribution in [0, 0.1) is 0 Å². The quantitative estimate of drug-likeness (QED) is 0.740. The second-order valence-electron chi connectivity index (χ2n) is 3.17. The first-order valence-corrected chi connectivity index (χ1v) is 5.06. The summed E-state index contributed by atoms with van der Waals surface area (Å²) in [5.74, 6) is 0. The van der Waals surface area contributed by atoms with Gasteiger partial charge in [-0.25, -0.2) is 0 Å². The number of rotatable bonds is 2. The van der Waals surface area contributed by atoms with Gasteiger partial charge in [-0.05, 0) is 29.3 Å². The third-order valence-electron chi connectivity index (χ3n) is 2.00. The first kappa shape index (κ1) is 9.94. The van der Waals surface area contributed by atoms with E-state index in [0.29, 0.717) is 0 Å². The van der Waals surface area contributed by atoms with Crippen molar-refractivity contribution in [2.24, 2.45) is 0 Å². The number of pyridine rings is 1. The molecule has 0 radical (unpaired) electrons. The minimum Gasteiger partial charge on any atom is -0.264 e. The van der Waals surface area contributed by atoms with E-state index in [2.05, 4.69) is 4.98 Å². The van der Waals surface area contributed by atoms with Crippen LogP contribution in [0.15, 0.2) is 48.8 Å². The fourth-order valence-corrected chi connectivity index (χ4v) is 1.48. The first-order chi connectivity index (χ1) is 7.34. The Labute approximate surface area is 94.1 Å². The molecule has 0 saturated heterocycles. The molecule has 2 aromatic rings. The first-order valence-electron chi connectivity index (χ1n) is 4.68. The van der Waals surface area contributed by atoms with Crippen molar-refractivity contribution in [3.63, 3.8) is 0 Å². The van der Waals surface area contributed by atoms with Crippen molar-refractivity contribution < 1.29 is 0 Å². The Kier molecular flexibility index (Phi) is 3.15. The Bertz CT molecular complexity index is 463. The van der Waals surface area contributed by atoms with E-state index in [-0.39, 0.29) is 0 Å². The fourth-order valence-electron chi connectivity index (χ4n) is 1.28. The van der Waals surface area contributed by atoms with E-state index in [4.69, 9.17) is 11.6 Å². The average Bonchev–Trinajstić information content (AvgIpc) is 2.28. The van der Waals surface area contributed by atoms with Crippen molar-refractivity contribution in [1.29, 1.82) is 0 Å². The lowest BCUT2D eigenvalue weighted by Gasteiger charge is -1.94. The number of benzene rings is 1. The molecule has 0 atom stereocenters. The smallest absolute Gasteiger partial charge is 0.0411 e. The molecule has 2 rings (SSSR count). The molecule has 1 aromatic heterocycles. The van der Waals surface area contributed by atoms with Gasteiger partial charge in [0, 0.05) is 17.4 Å². The van der Waals surface area contributed by atoms with Gasteiger partial charge in [0.2, 0.25) is 0 Å². The molecule has 0 bridgehead atoms. The van der Waals surface area contributed by atoms with Crippen LogP contribution >= 0.6 is 11.6 Å². The molecule has 0 unspecified atom stereocenters. The lowest BCUT2D eigenvalue weighted by molar-refractivity contribution is 1.32. The Balaban J connectivity index is 2.19. The van der Waals surface area contributed by atoms with Gasteiger partial charge in [0.1, 0.15) is 0 Å². The summed E-state index contributed by atoms with van der Waals surface area (Å²) in [5, 5.41) is 0.753. The molecule has 0 fully saturated rings. The molecule has 0 aliphatic carbocycles. The van der Waals surface area contributed by atoms with Crippen LogP contribution < -0.4 is 0 Å². The zero-order valence-electron chi connectivity index (χ0n) is 8.10. The maximum Gasteiger partial charge on any atom is 0.0411 e. The molecule has 0 spiro atoms. The van der Waals surface area contributed by atoms with Crippen LogP contribution in [0.2, 0.25) is 5.02 Å². The van der Waals surface area contributed by atoms with Gasteiger partial charge in [-0.1, -0.05) is 42.0 Å². The average molecular weight is 216 g/mol. The predicted molar refractivity (Wildman–Crippen MR) is 64.6 cm³/mol. The van der Waals surface area contributed by atoms with Gasteiger partial charge in [0.15, 0.2) is 0 Å². The van der Waals surface area contributed by atoms with Gasteiger partial charge in [-0.3, -0.25) is 4.98 Å². The summed E-state index contributed by atoms with van der Waals surface area (Å²) in [6, 6.07) is 11.7. The van der Waals surface area contributed by atoms with Crippen molar-refractivity contribution >= 4 is 23.8 Å². The second-order valence-corrected chi connectivity index (χ2v) is 3.61. The monoisotopic (exact) mass is 215 g/mol. The lowest BCUT2D eigenvalue weighted by atomic mass is 10.2. The van der Waals surface area contributed by atoms with Crippen LogP contribution in [-0.2, 0) is 0 Å². The maximum atomic E-state index is 5.88. The van der Waals surface area contributed by atoms with Crippen LogP contribution in [0.5, 0.6) is 0 Å². The fraction of sp³-hybridized carbons (Fsp3) is 0. The zero-order valence-corrected chi connectivity index (χ0v) is 8.85. The van der Waals surface area contributed by atoms with Crippen molar-refractivity contribution in [2.75, 3.05) is 0 Å². The molecule has 0 saturated carbocycles. The van der Waals surface area contributed by atoms with Gasteiger partial charge in [-0.15, -0.1) is 0 Å². The highest BCUT2D eigenvalue weighted by Gasteiger charge is 1.89. The van der Waals surface area contributed by atoms with Crippen molar-refractivity contribution in [2.45, 2.75) is 0 Å². The third-order valence-corrected chi connectivity index (χ3v) is 2.24. The summed E-state index contributed by atoms with van der Waals surface area (Å²) >= 11 is 5.88. The summed E-state index contributed by atoms with van der Waals surface area (Å²) in [6.45, 7) is 0. The SMILES string of the molecule is Clc1cccc(/C=C/c2cccnc2)c1. The largest absolute Gasteiger partial charge is 0.264 e. The van der Waals surface area contributed by atoms with E-state index < -0.39 is 0 Å². The molecule has 1 nitrogen and oxygen atoms in total. The minimum atomic E-state index is 0.753. The summed E-state index contributed by atoms with van der Waals surface area (Å²) in [4.78, 5) is 4.04. The molecule has 1 aromatic carbocycles. The summed E-state index contributed by atoms with van der Waals surface area (Å²) in [6.07, 6.45) is 7.61. The van der Waals surface area contributed by atoms with Crippen molar-refractivity contribution in [3.8, 4) is 0 Å². The van der Waals surface area contributed by atoms with Crippen molar-refractivity contribution in [1.82, 2.24) is 4.98 Å². The summed E-state index contributed by atoms with van der Waals surface area (Å²) in [7, 11) is 0.